The van der Waals surface area contributed by atoms with Crippen molar-refractivity contribution in [2.75, 3.05) is 13.2 Å². The fourth-order valence-corrected chi connectivity index (χ4v) is 5.90. The summed E-state index contributed by atoms with van der Waals surface area (Å²) in [6, 6.07) is 21.7. The molecule has 0 radical (unpaired) electrons. The van der Waals surface area contributed by atoms with Crippen LogP contribution in [0.15, 0.2) is 76.6 Å². The van der Waals surface area contributed by atoms with E-state index in [1.165, 1.54) is 18.2 Å². The molecule has 1 heterocycles. The lowest BCUT2D eigenvalue weighted by Crippen LogP contribution is -2.40. The average Bonchev–Trinajstić information content (AvgIpc) is 3.23. The summed E-state index contributed by atoms with van der Waals surface area (Å²) in [5.74, 6) is 0.0718. The number of aliphatic imine (C=N–C) groups is 1. The molecule has 3 aromatic rings. The zero-order valence-corrected chi connectivity index (χ0v) is 21.7. The van der Waals surface area contributed by atoms with E-state index in [9.17, 15) is 9.59 Å². The van der Waals surface area contributed by atoms with E-state index < -0.39 is 5.97 Å². The van der Waals surface area contributed by atoms with Crippen molar-refractivity contribution in [2.45, 2.75) is 45.1 Å². The highest BCUT2D eigenvalue weighted by molar-refractivity contribution is 8.18. The maximum Gasteiger partial charge on any atom is 0.344 e. The van der Waals surface area contributed by atoms with Gasteiger partial charge in [-0.1, -0.05) is 67.8 Å². The zero-order chi connectivity index (χ0) is 25.6. The van der Waals surface area contributed by atoms with Gasteiger partial charge in [0.1, 0.15) is 5.75 Å². The fourth-order valence-electron chi connectivity index (χ4n) is 4.86. The first kappa shape index (κ1) is 25.1. The van der Waals surface area contributed by atoms with Gasteiger partial charge in [-0.2, -0.15) is 0 Å². The summed E-state index contributed by atoms with van der Waals surface area (Å²) < 4.78 is 10.9. The van der Waals surface area contributed by atoms with Gasteiger partial charge in [-0.05, 0) is 66.6 Å². The number of fused-ring (bicyclic) bond motifs is 1. The molecule has 0 unspecified atom stereocenters. The van der Waals surface area contributed by atoms with Crippen LogP contribution in [0.1, 0.15) is 44.6 Å². The molecule has 0 spiro atoms. The third-order valence-corrected chi connectivity index (χ3v) is 7.60. The standard InChI is InChI=1S/C30H30N2O4S/c1-2-35-28(33)20-36-26-18-17-21-11-9-10-16-24(21)25(26)19-27-29(34)32(23-14-7-4-8-15-23)30(37-27)31-22-12-5-3-6-13-22/h3,5-6,9-13,16-19,23H,2,4,7-8,14-15,20H2,1H3/b27-19-,31-30?. The molecule has 0 atom stereocenters. The van der Waals surface area contributed by atoms with Crippen molar-refractivity contribution in [3.63, 3.8) is 0 Å². The molecule has 1 aliphatic carbocycles. The van der Waals surface area contributed by atoms with E-state index in [-0.39, 0.29) is 18.6 Å². The third kappa shape index (κ3) is 5.72. The maximum atomic E-state index is 13.8. The summed E-state index contributed by atoms with van der Waals surface area (Å²) in [4.78, 5) is 33.2. The molecule has 190 valence electrons. The Morgan fingerprint density at radius 1 is 1.03 bits per heavy atom. The first-order chi connectivity index (χ1) is 18.1. The summed E-state index contributed by atoms with van der Waals surface area (Å²) in [5, 5.41) is 2.68. The lowest BCUT2D eigenvalue weighted by atomic mass is 9.94. The number of esters is 1. The van der Waals surface area contributed by atoms with E-state index in [0.717, 1.165) is 47.7 Å². The van der Waals surface area contributed by atoms with E-state index >= 15 is 0 Å². The lowest BCUT2D eigenvalue weighted by molar-refractivity contribution is -0.145. The molecule has 5 rings (SSSR count). The first-order valence-corrected chi connectivity index (χ1v) is 13.6. The molecular weight excluding hydrogens is 484 g/mol. The van der Waals surface area contributed by atoms with E-state index in [1.807, 2.05) is 77.7 Å². The molecule has 1 amide bonds. The minimum absolute atomic E-state index is 0.0316. The summed E-state index contributed by atoms with van der Waals surface area (Å²) in [6.45, 7) is 1.86. The average molecular weight is 515 g/mol. The van der Waals surface area contributed by atoms with Crippen LogP contribution in [0.25, 0.3) is 16.8 Å². The van der Waals surface area contributed by atoms with Gasteiger partial charge >= 0.3 is 5.97 Å². The van der Waals surface area contributed by atoms with E-state index in [2.05, 4.69) is 0 Å². The Labute approximate surface area is 221 Å². The molecule has 2 aliphatic rings. The van der Waals surface area contributed by atoms with Gasteiger partial charge < -0.3 is 9.47 Å². The van der Waals surface area contributed by atoms with Gasteiger partial charge in [0.05, 0.1) is 17.2 Å². The van der Waals surface area contributed by atoms with E-state index in [0.29, 0.717) is 22.4 Å². The number of hydrogen-bond donors (Lipinski definition) is 0. The normalized spacial score (nSPS) is 18.6. The predicted octanol–water partition coefficient (Wildman–Crippen LogP) is 6.72. The summed E-state index contributed by atoms with van der Waals surface area (Å²) >= 11 is 1.40. The summed E-state index contributed by atoms with van der Waals surface area (Å²) in [6.07, 6.45) is 7.29. The molecule has 0 aromatic heterocycles. The summed E-state index contributed by atoms with van der Waals surface area (Å²) in [5.41, 5.74) is 1.59. The Balaban J connectivity index is 1.55. The minimum atomic E-state index is -0.429. The molecule has 3 aromatic carbocycles. The van der Waals surface area contributed by atoms with E-state index in [1.54, 1.807) is 6.92 Å². The smallest absolute Gasteiger partial charge is 0.344 e. The van der Waals surface area contributed by atoms with Crippen LogP contribution in [-0.4, -0.2) is 41.2 Å². The molecule has 37 heavy (non-hydrogen) atoms. The number of ether oxygens (including phenoxy) is 2. The van der Waals surface area contributed by atoms with Crippen LogP contribution < -0.4 is 4.74 Å². The van der Waals surface area contributed by atoms with Crippen LogP contribution in [0.5, 0.6) is 5.75 Å². The number of para-hydroxylation sites is 1. The van der Waals surface area contributed by atoms with E-state index in [4.69, 9.17) is 14.5 Å². The highest BCUT2D eigenvalue weighted by atomic mass is 32.2. The van der Waals surface area contributed by atoms with Crippen molar-refractivity contribution in [3.8, 4) is 5.75 Å². The molecule has 0 bridgehead atoms. The molecular formula is C30H30N2O4S. The van der Waals surface area contributed by atoms with Crippen LogP contribution in [0, 0.1) is 0 Å². The highest BCUT2D eigenvalue weighted by Crippen LogP contribution is 2.40. The Bertz CT molecular complexity index is 1350. The van der Waals surface area contributed by atoms with Gasteiger partial charge in [0, 0.05) is 11.6 Å². The van der Waals surface area contributed by atoms with Crippen molar-refractivity contribution in [1.82, 2.24) is 4.90 Å². The zero-order valence-electron chi connectivity index (χ0n) is 20.9. The van der Waals surface area contributed by atoms with Crippen LogP contribution in [0.4, 0.5) is 5.69 Å². The number of nitrogens with zero attached hydrogens (tertiary/aromatic N) is 2. The maximum absolute atomic E-state index is 13.8. The first-order valence-electron chi connectivity index (χ1n) is 12.8. The van der Waals surface area contributed by atoms with Crippen molar-refractivity contribution in [3.05, 3.63) is 77.2 Å². The predicted molar refractivity (Wildman–Crippen MR) is 149 cm³/mol. The second kappa shape index (κ2) is 11.6. The number of benzene rings is 3. The number of hydrogen-bond acceptors (Lipinski definition) is 6. The number of rotatable bonds is 7. The number of carbonyl (C=O) groups excluding carboxylic acids is 2. The van der Waals surface area contributed by atoms with Gasteiger partial charge in [-0.25, -0.2) is 9.79 Å². The van der Waals surface area contributed by atoms with Crippen LogP contribution >= 0.6 is 11.8 Å². The largest absolute Gasteiger partial charge is 0.481 e. The van der Waals surface area contributed by atoms with Gasteiger partial charge in [0.25, 0.3) is 5.91 Å². The number of amides is 1. The highest BCUT2D eigenvalue weighted by Gasteiger charge is 2.39. The summed E-state index contributed by atoms with van der Waals surface area (Å²) in [7, 11) is 0. The molecule has 1 saturated heterocycles. The van der Waals surface area contributed by atoms with Crippen molar-refractivity contribution in [1.29, 1.82) is 0 Å². The number of carbonyl (C=O) groups is 2. The quantitative estimate of drug-likeness (QED) is 0.259. The van der Waals surface area contributed by atoms with Gasteiger partial charge in [-0.3, -0.25) is 9.69 Å². The van der Waals surface area contributed by atoms with Gasteiger partial charge in [0.2, 0.25) is 0 Å². The Kier molecular flexibility index (Phi) is 7.90. The number of amidine groups is 1. The van der Waals surface area contributed by atoms with Crippen LogP contribution in [0.3, 0.4) is 0 Å². The van der Waals surface area contributed by atoms with Crippen molar-refractivity contribution < 1.29 is 19.1 Å². The molecule has 1 aliphatic heterocycles. The molecule has 1 saturated carbocycles. The monoisotopic (exact) mass is 514 g/mol. The Hall–Kier alpha value is -3.58. The Morgan fingerprint density at radius 3 is 2.57 bits per heavy atom. The SMILES string of the molecule is CCOC(=O)COc1ccc2ccccc2c1/C=C1\SC(=Nc2ccccc2)N(C2CCCCC2)C1=O. The van der Waals surface area contributed by atoms with Crippen molar-refractivity contribution in [2.24, 2.45) is 4.99 Å². The van der Waals surface area contributed by atoms with Crippen LogP contribution in [0.2, 0.25) is 0 Å². The second-order valence-electron chi connectivity index (χ2n) is 9.10. The topological polar surface area (TPSA) is 68.2 Å². The third-order valence-electron chi connectivity index (χ3n) is 6.61. The van der Waals surface area contributed by atoms with Crippen molar-refractivity contribution >= 4 is 51.3 Å². The fraction of sp³-hybridized carbons (Fsp3) is 0.300. The Morgan fingerprint density at radius 2 is 1.78 bits per heavy atom. The molecule has 2 fully saturated rings. The van der Waals surface area contributed by atoms with Crippen LogP contribution in [-0.2, 0) is 14.3 Å². The minimum Gasteiger partial charge on any atom is -0.481 e. The lowest BCUT2D eigenvalue weighted by Gasteiger charge is -2.30. The number of thioether (sulfide) groups is 1. The molecule has 0 N–H and O–H groups in total. The molecule has 7 heteroatoms. The second-order valence-corrected chi connectivity index (χ2v) is 10.1. The van der Waals surface area contributed by atoms with Gasteiger partial charge in [-0.15, -0.1) is 0 Å². The molecule has 6 nitrogen and oxygen atoms in total. The van der Waals surface area contributed by atoms with Gasteiger partial charge in [0.15, 0.2) is 11.8 Å².